The molecular weight excluding hydrogens is 295 g/mol. The summed E-state index contributed by atoms with van der Waals surface area (Å²) in [5.41, 5.74) is 0. The van der Waals surface area contributed by atoms with Crippen molar-refractivity contribution < 1.29 is 18.0 Å². The molecule has 2 fully saturated rings. The summed E-state index contributed by atoms with van der Waals surface area (Å²) < 4.78 is 36.7. The van der Waals surface area contributed by atoms with Crippen molar-refractivity contribution >= 4 is 18.3 Å². The number of carbonyl (C=O) groups is 1. The molecule has 1 unspecified atom stereocenters. The lowest BCUT2D eigenvalue weighted by atomic mass is 10.0. The second-order valence-electron chi connectivity index (χ2n) is 5.32. The molecular formula is C12H21ClF3N3O. The Hall–Kier alpha value is -0.530. The van der Waals surface area contributed by atoms with E-state index in [1.807, 2.05) is 0 Å². The number of amides is 1. The van der Waals surface area contributed by atoms with E-state index in [0.717, 1.165) is 19.4 Å². The number of hydrogen-bond acceptors (Lipinski definition) is 3. The average Bonchev–Trinajstić information content (AvgIpc) is 2.83. The van der Waals surface area contributed by atoms with Gasteiger partial charge in [-0.25, -0.2) is 0 Å². The van der Waals surface area contributed by atoms with E-state index in [-0.39, 0.29) is 30.4 Å². The van der Waals surface area contributed by atoms with Gasteiger partial charge in [0.05, 0.1) is 12.6 Å². The van der Waals surface area contributed by atoms with E-state index in [0.29, 0.717) is 25.9 Å². The van der Waals surface area contributed by atoms with E-state index in [4.69, 9.17) is 0 Å². The Kier molecular flexibility index (Phi) is 6.54. The van der Waals surface area contributed by atoms with Gasteiger partial charge in [0.15, 0.2) is 0 Å². The minimum Gasteiger partial charge on any atom is -0.352 e. The van der Waals surface area contributed by atoms with Crippen LogP contribution < -0.4 is 10.6 Å². The molecule has 2 heterocycles. The van der Waals surface area contributed by atoms with Crippen molar-refractivity contribution in [1.29, 1.82) is 0 Å². The van der Waals surface area contributed by atoms with Crippen LogP contribution in [0.15, 0.2) is 0 Å². The third kappa shape index (κ3) is 5.46. The second-order valence-corrected chi connectivity index (χ2v) is 5.32. The predicted molar refractivity (Wildman–Crippen MR) is 71.9 cm³/mol. The average molecular weight is 316 g/mol. The number of halogens is 4. The predicted octanol–water partition coefficient (Wildman–Crippen LogP) is 1.30. The monoisotopic (exact) mass is 315 g/mol. The first-order valence-corrected chi connectivity index (χ1v) is 6.77. The molecule has 0 bridgehead atoms. The van der Waals surface area contributed by atoms with Crippen molar-refractivity contribution in [2.75, 3.05) is 26.2 Å². The summed E-state index contributed by atoms with van der Waals surface area (Å²) in [5.74, 6) is -0.00762. The highest BCUT2D eigenvalue weighted by molar-refractivity contribution is 5.85. The Balaban J connectivity index is 0.00000200. The number of alkyl halides is 3. The summed E-state index contributed by atoms with van der Waals surface area (Å²) in [6, 6.07) is -0.104. The molecule has 0 aliphatic carbocycles. The fourth-order valence-corrected chi connectivity index (χ4v) is 2.70. The summed E-state index contributed by atoms with van der Waals surface area (Å²) >= 11 is 0. The molecule has 0 aromatic carbocycles. The van der Waals surface area contributed by atoms with Gasteiger partial charge >= 0.3 is 6.18 Å². The standard InChI is InChI=1S/C12H20F3N3O.ClH/c13-12(14,15)8-18-6-3-9(4-7-18)17-11(19)10-2-1-5-16-10;/h9-10,16H,1-8H2,(H,17,19);1H. The second kappa shape index (κ2) is 7.47. The van der Waals surface area contributed by atoms with Gasteiger partial charge in [0.2, 0.25) is 5.91 Å². The van der Waals surface area contributed by atoms with Crippen LogP contribution in [0.4, 0.5) is 13.2 Å². The molecule has 0 radical (unpaired) electrons. The van der Waals surface area contributed by atoms with Gasteiger partial charge in [0, 0.05) is 19.1 Å². The zero-order valence-electron chi connectivity index (χ0n) is 11.2. The molecule has 20 heavy (non-hydrogen) atoms. The van der Waals surface area contributed by atoms with Gasteiger partial charge in [-0.3, -0.25) is 9.69 Å². The molecule has 0 saturated carbocycles. The number of nitrogens with one attached hydrogen (secondary N) is 2. The summed E-state index contributed by atoms with van der Waals surface area (Å²) in [4.78, 5) is 13.3. The van der Waals surface area contributed by atoms with Gasteiger partial charge in [-0.15, -0.1) is 12.4 Å². The number of rotatable bonds is 3. The van der Waals surface area contributed by atoms with E-state index in [1.165, 1.54) is 4.90 Å². The summed E-state index contributed by atoms with van der Waals surface area (Å²) in [7, 11) is 0. The van der Waals surface area contributed by atoms with E-state index < -0.39 is 12.7 Å². The van der Waals surface area contributed by atoms with Crippen LogP contribution in [-0.4, -0.2) is 55.2 Å². The van der Waals surface area contributed by atoms with Crippen LogP contribution in [-0.2, 0) is 4.79 Å². The molecule has 2 aliphatic rings. The Bertz CT molecular complexity index is 314. The molecule has 0 aromatic rings. The van der Waals surface area contributed by atoms with Crippen LogP contribution in [0.25, 0.3) is 0 Å². The quantitative estimate of drug-likeness (QED) is 0.825. The highest BCUT2D eigenvalue weighted by Gasteiger charge is 2.33. The van der Waals surface area contributed by atoms with Crippen molar-refractivity contribution in [3.05, 3.63) is 0 Å². The molecule has 2 rings (SSSR count). The number of carbonyl (C=O) groups excluding carboxylic acids is 1. The smallest absolute Gasteiger partial charge is 0.352 e. The zero-order valence-corrected chi connectivity index (χ0v) is 12.0. The van der Waals surface area contributed by atoms with E-state index in [9.17, 15) is 18.0 Å². The summed E-state index contributed by atoms with van der Waals surface area (Å²) in [5, 5.41) is 6.05. The van der Waals surface area contributed by atoms with Crippen LogP contribution in [0.2, 0.25) is 0 Å². The molecule has 2 aliphatic heterocycles. The molecule has 2 N–H and O–H groups in total. The maximum atomic E-state index is 12.2. The van der Waals surface area contributed by atoms with E-state index in [2.05, 4.69) is 10.6 Å². The Morgan fingerprint density at radius 3 is 2.40 bits per heavy atom. The van der Waals surface area contributed by atoms with Gasteiger partial charge in [-0.05, 0) is 32.2 Å². The third-order valence-corrected chi connectivity index (χ3v) is 3.71. The van der Waals surface area contributed by atoms with Crippen molar-refractivity contribution in [3.8, 4) is 0 Å². The largest absolute Gasteiger partial charge is 0.401 e. The molecule has 2 saturated heterocycles. The minimum absolute atomic E-state index is 0. The fraction of sp³-hybridized carbons (Fsp3) is 0.917. The Morgan fingerprint density at radius 1 is 1.25 bits per heavy atom. The van der Waals surface area contributed by atoms with E-state index in [1.54, 1.807) is 0 Å². The molecule has 0 spiro atoms. The van der Waals surface area contributed by atoms with E-state index >= 15 is 0 Å². The molecule has 4 nitrogen and oxygen atoms in total. The van der Waals surface area contributed by atoms with Gasteiger partial charge in [-0.1, -0.05) is 0 Å². The number of hydrogen-bond donors (Lipinski definition) is 2. The van der Waals surface area contributed by atoms with Gasteiger partial charge in [0.25, 0.3) is 0 Å². The lowest BCUT2D eigenvalue weighted by molar-refractivity contribution is -0.148. The minimum atomic E-state index is -4.14. The number of nitrogens with zero attached hydrogens (tertiary/aromatic N) is 1. The van der Waals surface area contributed by atoms with Crippen molar-refractivity contribution in [2.24, 2.45) is 0 Å². The first-order valence-electron chi connectivity index (χ1n) is 6.77. The van der Waals surface area contributed by atoms with Crippen molar-refractivity contribution in [3.63, 3.8) is 0 Å². The number of piperidine rings is 1. The summed E-state index contributed by atoms with van der Waals surface area (Å²) in [6.45, 7) is 0.797. The number of likely N-dealkylation sites (tertiary alicyclic amines) is 1. The molecule has 0 aromatic heterocycles. The maximum Gasteiger partial charge on any atom is 0.401 e. The van der Waals surface area contributed by atoms with Crippen LogP contribution in [0.5, 0.6) is 0 Å². The first kappa shape index (κ1) is 17.5. The van der Waals surface area contributed by atoms with Crippen molar-refractivity contribution in [1.82, 2.24) is 15.5 Å². The highest BCUT2D eigenvalue weighted by atomic mass is 35.5. The molecule has 1 amide bonds. The lowest BCUT2D eigenvalue weighted by Crippen LogP contribution is -2.50. The molecule has 8 heteroatoms. The molecule has 118 valence electrons. The van der Waals surface area contributed by atoms with Crippen LogP contribution in [0, 0.1) is 0 Å². The summed E-state index contributed by atoms with van der Waals surface area (Å²) in [6.07, 6.45) is -1.10. The van der Waals surface area contributed by atoms with Gasteiger partial charge < -0.3 is 10.6 Å². The molecule has 1 atom stereocenters. The van der Waals surface area contributed by atoms with Crippen LogP contribution >= 0.6 is 12.4 Å². The maximum absolute atomic E-state index is 12.2. The van der Waals surface area contributed by atoms with Crippen LogP contribution in [0.3, 0.4) is 0 Å². The topological polar surface area (TPSA) is 44.4 Å². The van der Waals surface area contributed by atoms with Gasteiger partial charge in [-0.2, -0.15) is 13.2 Å². The Morgan fingerprint density at radius 2 is 1.90 bits per heavy atom. The first-order chi connectivity index (χ1) is 8.94. The lowest BCUT2D eigenvalue weighted by Gasteiger charge is -2.33. The zero-order chi connectivity index (χ0) is 13.9. The van der Waals surface area contributed by atoms with Crippen molar-refractivity contribution in [2.45, 2.75) is 43.9 Å². The normalized spacial score (nSPS) is 25.2. The van der Waals surface area contributed by atoms with Gasteiger partial charge in [0.1, 0.15) is 0 Å². The highest BCUT2D eigenvalue weighted by Crippen LogP contribution is 2.20. The Labute approximate surface area is 122 Å². The third-order valence-electron chi connectivity index (χ3n) is 3.71. The fourth-order valence-electron chi connectivity index (χ4n) is 2.70. The SMILES string of the molecule is Cl.O=C(NC1CCN(CC(F)(F)F)CC1)C1CCCN1. The van der Waals surface area contributed by atoms with Crippen LogP contribution in [0.1, 0.15) is 25.7 Å².